The molecule has 150 valence electrons. The van der Waals surface area contributed by atoms with Gasteiger partial charge in [-0.15, -0.1) is 0 Å². The quantitative estimate of drug-likeness (QED) is 0.767. The van der Waals surface area contributed by atoms with Crippen LogP contribution in [0.25, 0.3) is 0 Å². The number of nitrogens with zero attached hydrogens (tertiary/aromatic N) is 2. The lowest BCUT2D eigenvalue weighted by Gasteiger charge is -2.36. The van der Waals surface area contributed by atoms with Gasteiger partial charge in [0, 0.05) is 64.3 Å². The molecular weight excluding hydrogens is 384 g/mol. The summed E-state index contributed by atoms with van der Waals surface area (Å²) >= 11 is 5.68. The highest BCUT2D eigenvalue weighted by atomic mass is 35.5. The van der Waals surface area contributed by atoms with Gasteiger partial charge in [0.25, 0.3) is 5.91 Å². The van der Waals surface area contributed by atoms with Crippen molar-refractivity contribution in [3.8, 4) is 0 Å². The molecule has 1 amide bonds. The van der Waals surface area contributed by atoms with Crippen LogP contribution in [0.3, 0.4) is 0 Å². The average molecular weight is 418 g/mol. The lowest BCUT2D eigenvalue weighted by atomic mass is 9.92. The van der Waals surface area contributed by atoms with Gasteiger partial charge in [-0.1, -0.05) is 24.6 Å². The molecule has 1 aliphatic rings. The van der Waals surface area contributed by atoms with E-state index in [4.69, 9.17) is 25.3 Å². The van der Waals surface area contributed by atoms with Crippen molar-refractivity contribution in [1.82, 2.24) is 15.2 Å². The second kappa shape index (κ2) is 8.97. The number of amides is 1. The molecule has 0 saturated carbocycles. The van der Waals surface area contributed by atoms with Crippen molar-refractivity contribution in [3.05, 3.63) is 64.2 Å². The van der Waals surface area contributed by atoms with Crippen LogP contribution < -0.4 is 5.32 Å². The minimum Gasteiger partial charge on any atom is -0.338 e. The molecule has 0 aliphatic carbocycles. The normalized spacial score (nSPS) is 30.1. The Morgan fingerprint density at radius 2 is 2.29 bits per heavy atom. The number of likely N-dealkylation sites (tertiary alicyclic amines) is 1. The van der Waals surface area contributed by atoms with Gasteiger partial charge in [0.15, 0.2) is 0 Å². The molecule has 1 saturated heterocycles. The molecule has 1 unspecified atom stereocenters. The molecule has 4 nitrogen and oxygen atoms in total. The van der Waals surface area contributed by atoms with Crippen LogP contribution in [0.5, 0.6) is 0 Å². The zero-order valence-corrected chi connectivity index (χ0v) is 15.6. The Bertz CT molecular complexity index is 1230. The Hall–Kier alpha value is -2.05. The number of aromatic nitrogens is 1. The molecule has 0 bridgehead atoms. The number of benzene rings is 1. The number of pyridine rings is 1. The third-order valence-electron chi connectivity index (χ3n) is 3.95. The molecule has 1 aromatic heterocycles. The Kier molecular flexibility index (Phi) is 3.59. The molecule has 28 heavy (non-hydrogen) atoms. The number of nitrogens with one attached hydrogen (secondary N) is 1. The SMILES string of the molecule is [2H]C([2H])(C)c1ccc(C([2H])([2H])NC([2H])([2H])C2(F)CC([2H])([2H])N(C(=O)c3ccc(F)c(Cl)c3)CC2([2H])[2H])nc1. The fraction of sp³-hybridized carbons (Fsp3) is 0.429. The molecule has 2 aromatic rings. The summed E-state index contributed by atoms with van der Waals surface area (Å²) in [6.07, 6.45) is -5.53. The second-order valence-corrected chi connectivity index (χ2v) is 6.30. The van der Waals surface area contributed by atoms with Gasteiger partial charge in [0.05, 0.1) is 10.7 Å². The van der Waals surface area contributed by atoms with Gasteiger partial charge in [0.1, 0.15) is 11.5 Å². The molecular formula is C21H24ClF2N3O. The maximum atomic E-state index is 16.3. The van der Waals surface area contributed by atoms with Crippen LogP contribution in [0.2, 0.25) is 5.02 Å². The van der Waals surface area contributed by atoms with E-state index in [-0.39, 0.29) is 11.1 Å². The van der Waals surface area contributed by atoms with E-state index in [9.17, 15) is 9.18 Å². The number of aryl methyl sites for hydroxylation is 1. The van der Waals surface area contributed by atoms with Crippen LogP contribution >= 0.6 is 11.6 Å². The number of carbonyl (C=O) groups is 1. The molecule has 0 spiro atoms. The van der Waals surface area contributed by atoms with Gasteiger partial charge in [-0.3, -0.25) is 9.78 Å². The third kappa shape index (κ3) is 5.06. The molecule has 1 aliphatic heterocycles. The van der Waals surface area contributed by atoms with Gasteiger partial charge in [-0.05, 0) is 36.2 Å². The van der Waals surface area contributed by atoms with E-state index in [1.165, 1.54) is 13.0 Å². The first kappa shape index (κ1) is 11.2. The summed E-state index contributed by atoms with van der Waals surface area (Å²) in [7, 11) is 0. The van der Waals surface area contributed by atoms with Gasteiger partial charge in [0.2, 0.25) is 0 Å². The lowest BCUT2D eigenvalue weighted by Crippen LogP contribution is -2.48. The molecule has 0 radical (unpaired) electrons. The third-order valence-corrected chi connectivity index (χ3v) is 4.24. The molecule has 1 fully saturated rings. The molecule has 1 N–H and O–H groups in total. The second-order valence-electron chi connectivity index (χ2n) is 5.89. The highest BCUT2D eigenvalue weighted by molar-refractivity contribution is 6.31. The Morgan fingerprint density at radius 1 is 1.46 bits per heavy atom. The van der Waals surface area contributed by atoms with E-state index in [0.717, 1.165) is 30.5 Å². The summed E-state index contributed by atoms with van der Waals surface area (Å²) in [6, 6.07) is 5.02. The van der Waals surface area contributed by atoms with Crippen LogP contribution in [0, 0.1) is 5.82 Å². The molecule has 7 heteroatoms. The minimum atomic E-state index is -3.70. The maximum Gasteiger partial charge on any atom is 0.253 e. The van der Waals surface area contributed by atoms with Crippen molar-refractivity contribution in [3.63, 3.8) is 0 Å². The number of hydrogen-bond acceptors (Lipinski definition) is 3. The predicted molar refractivity (Wildman–Crippen MR) is 106 cm³/mol. The number of carbonyl (C=O) groups excluding carboxylic acids is 1. The number of alkyl halides is 1. The first-order chi connectivity index (χ1) is 17.0. The van der Waals surface area contributed by atoms with E-state index in [1.54, 1.807) is 5.32 Å². The van der Waals surface area contributed by atoms with Gasteiger partial charge >= 0.3 is 0 Å². The minimum absolute atomic E-state index is 0.103. The molecule has 3 rings (SSSR count). The Balaban J connectivity index is 1.92. The topological polar surface area (TPSA) is 45.2 Å². The summed E-state index contributed by atoms with van der Waals surface area (Å²) in [5, 5.41) is 1.32. The van der Waals surface area contributed by atoms with Gasteiger partial charge in [-0.2, -0.15) is 0 Å². The molecule has 2 heterocycles. The zero-order valence-electron chi connectivity index (χ0n) is 24.8. The highest BCUT2D eigenvalue weighted by Crippen LogP contribution is 2.27. The summed E-state index contributed by atoms with van der Waals surface area (Å²) in [5.41, 5.74) is -4.35. The van der Waals surface area contributed by atoms with Crippen LogP contribution in [-0.4, -0.2) is 41.0 Å². The van der Waals surface area contributed by atoms with Crippen molar-refractivity contribution in [1.29, 1.82) is 0 Å². The number of hydrogen-bond donors (Lipinski definition) is 1. The number of halogens is 3. The molecule has 1 atom stereocenters. The van der Waals surface area contributed by atoms with Crippen molar-refractivity contribution >= 4 is 17.5 Å². The van der Waals surface area contributed by atoms with E-state index < -0.39 is 73.3 Å². The molecule has 1 aromatic carbocycles. The number of rotatable bonds is 6. The standard InChI is InChI=1S/C21H24ClF2N3O/c1-2-15-3-5-17(26-12-15)13-25-14-21(24)7-9-27(10-8-21)20(28)16-4-6-19(23)18(22)11-16/h3-6,11-12,25H,2,7-10,13-14H2,1H3/i2D2,7D2,10D2,13D2,14D2. The first-order valence-corrected chi connectivity index (χ1v) is 8.64. The largest absolute Gasteiger partial charge is 0.338 e. The van der Waals surface area contributed by atoms with Crippen LogP contribution in [0.1, 0.15) is 55.0 Å². The fourth-order valence-electron chi connectivity index (χ4n) is 2.35. The summed E-state index contributed by atoms with van der Waals surface area (Å²) < 4.78 is 111. The van der Waals surface area contributed by atoms with Gasteiger partial charge in [-0.25, -0.2) is 8.78 Å². The van der Waals surface area contributed by atoms with Crippen LogP contribution in [0.4, 0.5) is 8.78 Å². The van der Waals surface area contributed by atoms with Crippen LogP contribution in [-0.2, 0) is 12.9 Å². The van der Waals surface area contributed by atoms with Gasteiger partial charge < -0.3 is 10.2 Å². The smallest absolute Gasteiger partial charge is 0.253 e. The summed E-state index contributed by atoms with van der Waals surface area (Å²) in [6.45, 7) is -9.40. The zero-order chi connectivity index (χ0) is 29.1. The van der Waals surface area contributed by atoms with E-state index >= 15 is 4.39 Å². The summed E-state index contributed by atoms with van der Waals surface area (Å²) in [4.78, 5) is 17.1. The Labute approximate surface area is 183 Å². The lowest BCUT2D eigenvalue weighted by molar-refractivity contribution is 0.0434. The maximum absolute atomic E-state index is 16.3. The van der Waals surface area contributed by atoms with Crippen molar-refractivity contribution in [2.75, 3.05) is 19.5 Å². The van der Waals surface area contributed by atoms with E-state index in [0.29, 0.717) is 4.90 Å². The monoisotopic (exact) mass is 417 g/mol. The van der Waals surface area contributed by atoms with E-state index in [2.05, 4.69) is 4.98 Å². The van der Waals surface area contributed by atoms with Crippen molar-refractivity contribution < 1.29 is 27.3 Å². The van der Waals surface area contributed by atoms with Crippen LogP contribution in [0.15, 0.2) is 36.5 Å². The fourth-order valence-corrected chi connectivity index (χ4v) is 2.53. The average Bonchev–Trinajstić information content (AvgIpc) is 2.76. The Morgan fingerprint density at radius 3 is 2.96 bits per heavy atom. The first-order valence-electron chi connectivity index (χ1n) is 13.3. The number of piperidine rings is 1. The van der Waals surface area contributed by atoms with Crippen molar-refractivity contribution in [2.45, 2.75) is 38.3 Å². The predicted octanol–water partition coefficient (Wildman–Crippen LogP) is 4.17. The van der Waals surface area contributed by atoms with Crippen molar-refractivity contribution in [2.24, 2.45) is 0 Å². The summed E-state index contributed by atoms with van der Waals surface area (Å²) in [5.74, 6) is -1.99. The highest BCUT2D eigenvalue weighted by Gasteiger charge is 2.35. The van der Waals surface area contributed by atoms with E-state index in [1.807, 2.05) is 0 Å².